The van der Waals surface area contributed by atoms with Gasteiger partial charge in [0.1, 0.15) is 11.5 Å². The van der Waals surface area contributed by atoms with Gasteiger partial charge in [0, 0.05) is 23.1 Å². The van der Waals surface area contributed by atoms with Crippen molar-refractivity contribution in [2.75, 3.05) is 0 Å². The average Bonchev–Trinajstić information content (AvgIpc) is 2.54. The van der Waals surface area contributed by atoms with E-state index in [0.29, 0.717) is 12.8 Å². The van der Waals surface area contributed by atoms with Crippen LogP contribution in [0, 0.1) is 5.92 Å². The summed E-state index contributed by atoms with van der Waals surface area (Å²) in [5.41, 5.74) is 1.10. The molecule has 0 bridgehead atoms. The fourth-order valence-corrected chi connectivity index (χ4v) is 3.31. The molecule has 0 aromatic heterocycles. The summed E-state index contributed by atoms with van der Waals surface area (Å²) in [5, 5.41) is 29.5. The number of Topliss-reactive ketones (excluding diaryl/α,β-unsaturated/α-hetero) is 1. The summed E-state index contributed by atoms with van der Waals surface area (Å²) in [6.07, 6.45) is 0.984. The van der Waals surface area contributed by atoms with Crippen molar-refractivity contribution in [3.8, 4) is 11.5 Å². The van der Waals surface area contributed by atoms with Crippen LogP contribution in [0.25, 0.3) is 0 Å². The van der Waals surface area contributed by atoms with Crippen molar-refractivity contribution in [1.82, 2.24) is 0 Å². The Bertz CT molecular complexity index is 838. The van der Waals surface area contributed by atoms with E-state index in [2.05, 4.69) is 0 Å². The Kier molecular flexibility index (Phi) is 4.11. The summed E-state index contributed by atoms with van der Waals surface area (Å²) in [6.45, 7) is 1.45. The van der Waals surface area contributed by atoms with Gasteiger partial charge in [-0.05, 0) is 30.0 Å². The number of hydrogen-bond acceptors (Lipinski definition) is 5. The van der Waals surface area contributed by atoms with Crippen molar-refractivity contribution in [1.29, 1.82) is 0 Å². The number of rotatable bonds is 3. The van der Waals surface area contributed by atoms with E-state index in [1.807, 2.05) is 6.92 Å². The zero-order valence-corrected chi connectivity index (χ0v) is 13.2. The molecule has 2 aromatic carbocycles. The summed E-state index contributed by atoms with van der Waals surface area (Å²) in [6, 6.07) is 7.40. The highest BCUT2D eigenvalue weighted by atomic mass is 16.3. The maximum absolute atomic E-state index is 13.0. The van der Waals surface area contributed by atoms with Crippen LogP contribution in [0.5, 0.6) is 11.5 Å². The van der Waals surface area contributed by atoms with Crippen molar-refractivity contribution < 1.29 is 24.9 Å². The molecule has 0 amide bonds. The number of fused-ring (bicyclic) bond motifs is 1. The fourth-order valence-electron chi connectivity index (χ4n) is 3.31. The summed E-state index contributed by atoms with van der Waals surface area (Å²) < 4.78 is 0. The number of carbonyl (C=O) groups excluding carboxylic acids is 2. The molecule has 0 heterocycles. The molecule has 5 nitrogen and oxygen atoms in total. The number of hydrogen-bond donors (Lipinski definition) is 3. The lowest BCUT2D eigenvalue weighted by atomic mass is 9.79. The van der Waals surface area contributed by atoms with Gasteiger partial charge in [0.05, 0.1) is 12.2 Å². The Hall–Kier alpha value is -2.66. The number of phenolic OH excluding ortho intramolecular Hbond substituents is 1. The van der Waals surface area contributed by atoms with Gasteiger partial charge in [0.2, 0.25) is 0 Å². The summed E-state index contributed by atoms with van der Waals surface area (Å²) in [7, 11) is 0. The van der Waals surface area contributed by atoms with Crippen molar-refractivity contribution in [3.05, 3.63) is 58.1 Å². The van der Waals surface area contributed by atoms with Crippen LogP contribution in [0.15, 0.2) is 30.3 Å². The van der Waals surface area contributed by atoms with Gasteiger partial charge in [-0.3, -0.25) is 9.59 Å². The van der Waals surface area contributed by atoms with Crippen LogP contribution < -0.4 is 0 Å². The summed E-state index contributed by atoms with van der Waals surface area (Å²) in [5.74, 6) is -1.03. The lowest BCUT2D eigenvalue weighted by molar-refractivity contribution is 0.0939. The molecule has 1 atom stereocenters. The van der Waals surface area contributed by atoms with Crippen LogP contribution in [0.3, 0.4) is 0 Å². The molecule has 0 radical (unpaired) electrons. The molecule has 5 heteroatoms. The SMILES string of the molecule is CC1CC(=O)c2c(ccc(O)c2C(=O)c2cccc(O)c2CO)C1. The number of aliphatic hydroxyl groups is 1. The molecule has 0 aliphatic heterocycles. The van der Waals surface area contributed by atoms with E-state index in [1.165, 1.54) is 24.3 Å². The minimum atomic E-state index is -0.577. The fraction of sp³-hybridized carbons (Fsp3) is 0.263. The summed E-state index contributed by atoms with van der Waals surface area (Å²) in [4.78, 5) is 25.4. The quantitative estimate of drug-likeness (QED) is 0.754. The highest BCUT2D eigenvalue weighted by Crippen LogP contribution is 2.35. The first-order valence-corrected chi connectivity index (χ1v) is 7.78. The lowest BCUT2D eigenvalue weighted by Gasteiger charge is -2.23. The molecule has 0 fully saturated rings. The van der Waals surface area contributed by atoms with Crippen LogP contribution in [0.2, 0.25) is 0 Å². The molecule has 0 spiro atoms. The second-order valence-electron chi connectivity index (χ2n) is 6.22. The van der Waals surface area contributed by atoms with Crippen molar-refractivity contribution in [2.24, 2.45) is 5.92 Å². The van der Waals surface area contributed by atoms with Gasteiger partial charge in [-0.2, -0.15) is 0 Å². The first kappa shape index (κ1) is 16.2. The maximum atomic E-state index is 13.0. The molecule has 1 aliphatic rings. The predicted octanol–water partition coefficient (Wildman–Crippen LogP) is 2.59. The third-order valence-electron chi connectivity index (χ3n) is 4.43. The number of benzene rings is 2. The van der Waals surface area contributed by atoms with E-state index < -0.39 is 12.4 Å². The molecule has 2 aromatic rings. The highest BCUT2D eigenvalue weighted by Gasteiger charge is 2.31. The largest absolute Gasteiger partial charge is 0.508 e. The smallest absolute Gasteiger partial charge is 0.197 e. The second kappa shape index (κ2) is 6.09. The van der Waals surface area contributed by atoms with Gasteiger partial charge in [0.25, 0.3) is 0 Å². The molecule has 1 unspecified atom stereocenters. The Morgan fingerprint density at radius 2 is 1.88 bits per heavy atom. The first-order chi connectivity index (χ1) is 11.4. The lowest BCUT2D eigenvalue weighted by Crippen LogP contribution is -2.22. The van der Waals surface area contributed by atoms with Crippen molar-refractivity contribution in [3.63, 3.8) is 0 Å². The molecule has 0 saturated heterocycles. The van der Waals surface area contributed by atoms with E-state index in [-0.39, 0.29) is 45.5 Å². The third kappa shape index (κ3) is 2.57. The van der Waals surface area contributed by atoms with Gasteiger partial charge in [-0.15, -0.1) is 0 Å². The summed E-state index contributed by atoms with van der Waals surface area (Å²) >= 11 is 0. The molecule has 3 N–H and O–H groups in total. The van der Waals surface area contributed by atoms with Gasteiger partial charge in [-0.1, -0.05) is 25.1 Å². The van der Waals surface area contributed by atoms with E-state index in [1.54, 1.807) is 6.07 Å². The molecule has 124 valence electrons. The Balaban J connectivity index is 2.21. The number of ketones is 2. The highest BCUT2D eigenvalue weighted by molar-refractivity contribution is 6.18. The van der Waals surface area contributed by atoms with E-state index in [9.17, 15) is 24.9 Å². The zero-order chi connectivity index (χ0) is 17.4. The van der Waals surface area contributed by atoms with E-state index in [4.69, 9.17) is 0 Å². The normalized spacial score (nSPS) is 16.8. The molecule has 24 heavy (non-hydrogen) atoms. The minimum Gasteiger partial charge on any atom is -0.508 e. The number of carbonyl (C=O) groups is 2. The average molecular weight is 326 g/mol. The Morgan fingerprint density at radius 3 is 2.58 bits per heavy atom. The first-order valence-electron chi connectivity index (χ1n) is 7.78. The molecule has 1 aliphatic carbocycles. The zero-order valence-electron chi connectivity index (χ0n) is 13.2. The molecule has 0 saturated carbocycles. The standard InChI is InChI=1S/C19H18O5/c1-10-7-11-5-6-15(22)18(17(11)16(23)8-10)19(24)12-3-2-4-14(21)13(12)9-20/h2-6,10,20-22H,7-9H2,1H3. The molecular formula is C19H18O5. The predicted molar refractivity (Wildman–Crippen MR) is 87.4 cm³/mol. The van der Waals surface area contributed by atoms with E-state index in [0.717, 1.165) is 5.56 Å². The second-order valence-corrected chi connectivity index (χ2v) is 6.22. The number of phenols is 2. The Morgan fingerprint density at radius 1 is 1.12 bits per heavy atom. The van der Waals surface area contributed by atoms with Crippen LogP contribution >= 0.6 is 0 Å². The third-order valence-corrected chi connectivity index (χ3v) is 4.43. The Labute approximate surface area is 139 Å². The van der Waals surface area contributed by atoms with Crippen molar-refractivity contribution >= 4 is 11.6 Å². The van der Waals surface area contributed by atoms with Crippen LogP contribution in [0.1, 0.15) is 50.8 Å². The molecular weight excluding hydrogens is 308 g/mol. The van der Waals surface area contributed by atoms with Gasteiger partial charge < -0.3 is 15.3 Å². The monoisotopic (exact) mass is 326 g/mol. The van der Waals surface area contributed by atoms with Crippen LogP contribution in [-0.2, 0) is 13.0 Å². The van der Waals surface area contributed by atoms with Crippen molar-refractivity contribution in [2.45, 2.75) is 26.4 Å². The van der Waals surface area contributed by atoms with Crippen LogP contribution in [-0.4, -0.2) is 26.9 Å². The molecule has 3 rings (SSSR count). The van der Waals surface area contributed by atoms with Gasteiger partial charge >= 0.3 is 0 Å². The topological polar surface area (TPSA) is 94.8 Å². The van der Waals surface area contributed by atoms with Gasteiger partial charge in [-0.25, -0.2) is 0 Å². The number of aromatic hydroxyl groups is 2. The van der Waals surface area contributed by atoms with Crippen LogP contribution in [0.4, 0.5) is 0 Å². The number of aliphatic hydroxyl groups excluding tert-OH is 1. The van der Waals surface area contributed by atoms with E-state index >= 15 is 0 Å². The van der Waals surface area contributed by atoms with Gasteiger partial charge in [0.15, 0.2) is 11.6 Å². The minimum absolute atomic E-state index is 0.0512. The maximum Gasteiger partial charge on any atom is 0.197 e.